The monoisotopic (exact) mass is 274 g/mol. The van der Waals surface area contributed by atoms with Crippen molar-refractivity contribution >= 4 is 0 Å². The van der Waals surface area contributed by atoms with Crippen LogP contribution in [0.4, 0.5) is 13.2 Å². The van der Waals surface area contributed by atoms with E-state index < -0.39 is 12.6 Å². The number of alkyl halides is 3. The standard InChI is InChI=1S/C13H17F3N2O/c14-13(15,16)5-6-19-9-12-2-1-10(8-18-12)7-17-11-3-4-11/h1-2,8,11,17H,3-7,9H2. The molecule has 3 nitrogen and oxygen atoms in total. The fraction of sp³-hybridized carbons (Fsp3) is 0.615. The maximum Gasteiger partial charge on any atom is 0.391 e. The van der Waals surface area contributed by atoms with E-state index in [9.17, 15) is 13.2 Å². The Morgan fingerprint density at radius 1 is 1.32 bits per heavy atom. The molecule has 1 fully saturated rings. The lowest BCUT2D eigenvalue weighted by Gasteiger charge is -2.07. The zero-order valence-corrected chi connectivity index (χ0v) is 10.5. The average molecular weight is 274 g/mol. The lowest BCUT2D eigenvalue weighted by Crippen LogP contribution is -2.15. The average Bonchev–Trinajstić information content (AvgIpc) is 3.16. The minimum absolute atomic E-state index is 0.117. The van der Waals surface area contributed by atoms with Crippen LogP contribution in [-0.4, -0.2) is 23.8 Å². The Morgan fingerprint density at radius 3 is 2.68 bits per heavy atom. The number of hydrogen-bond donors (Lipinski definition) is 1. The van der Waals surface area contributed by atoms with Gasteiger partial charge in [0.1, 0.15) is 0 Å². The van der Waals surface area contributed by atoms with Gasteiger partial charge in [0.15, 0.2) is 0 Å². The summed E-state index contributed by atoms with van der Waals surface area (Å²) in [6, 6.07) is 4.35. The molecule has 1 N–H and O–H groups in total. The van der Waals surface area contributed by atoms with E-state index in [-0.39, 0.29) is 13.2 Å². The van der Waals surface area contributed by atoms with Crippen molar-refractivity contribution in [2.75, 3.05) is 6.61 Å². The Morgan fingerprint density at radius 2 is 2.11 bits per heavy atom. The molecule has 0 saturated heterocycles. The first-order valence-electron chi connectivity index (χ1n) is 6.34. The second kappa shape index (κ2) is 6.34. The molecule has 6 heteroatoms. The summed E-state index contributed by atoms with van der Waals surface area (Å²) < 4.78 is 40.6. The van der Waals surface area contributed by atoms with E-state index in [1.807, 2.05) is 6.07 Å². The molecule has 0 spiro atoms. The van der Waals surface area contributed by atoms with Crippen molar-refractivity contribution in [3.05, 3.63) is 29.6 Å². The van der Waals surface area contributed by atoms with Crippen LogP contribution < -0.4 is 5.32 Å². The van der Waals surface area contributed by atoms with Crippen LogP contribution >= 0.6 is 0 Å². The maximum atomic E-state index is 11.9. The predicted molar refractivity (Wildman–Crippen MR) is 64.4 cm³/mol. The van der Waals surface area contributed by atoms with Gasteiger partial charge in [0.2, 0.25) is 0 Å². The molecule has 106 valence electrons. The Labute approximate surface area is 110 Å². The number of pyridine rings is 1. The van der Waals surface area contributed by atoms with Crippen LogP contribution in [-0.2, 0) is 17.9 Å². The first kappa shape index (κ1) is 14.3. The van der Waals surface area contributed by atoms with Gasteiger partial charge in [-0.3, -0.25) is 4.98 Å². The van der Waals surface area contributed by atoms with Gasteiger partial charge in [-0.1, -0.05) is 6.07 Å². The number of rotatable bonds is 7. The summed E-state index contributed by atoms with van der Waals surface area (Å²) in [4.78, 5) is 4.16. The Kier molecular flexibility index (Phi) is 4.76. The number of hydrogen-bond acceptors (Lipinski definition) is 3. The summed E-state index contributed by atoms with van der Waals surface area (Å²) in [5.74, 6) is 0. The van der Waals surface area contributed by atoms with Crippen LogP contribution in [0, 0.1) is 0 Å². The van der Waals surface area contributed by atoms with Gasteiger partial charge < -0.3 is 10.1 Å². The second-order valence-corrected chi connectivity index (χ2v) is 4.73. The van der Waals surface area contributed by atoms with Gasteiger partial charge in [-0.2, -0.15) is 13.2 Å². The normalized spacial score (nSPS) is 15.7. The molecule has 0 bridgehead atoms. The van der Waals surface area contributed by atoms with Crippen molar-refractivity contribution in [1.29, 1.82) is 0 Å². The van der Waals surface area contributed by atoms with Gasteiger partial charge >= 0.3 is 6.18 Å². The molecule has 2 rings (SSSR count). The third kappa shape index (κ3) is 6.02. The van der Waals surface area contributed by atoms with Crippen LogP contribution in [0.25, 0.3) is 0 Å². The summed E-state index contributed by atoms with van der Waals surface area (Å²) in [7, 11) is 0. The predicted octanol–water partition coefficient (Wildman–Crippen LogP) is 2.80. The van der Waals surface area contributed by atoms with Gasteiger partial charge in [0.25, 0.3) is 0 Å². The molecule has 0 unspecified atom stereocenters. The first-order valence-corrected chi connectivity index (χ1v) is 6.34. The minimum Gasteiger partial charge on any atom is -0.375 e. The molecule has 1 saturated carbocycles. The van der Waals surface area contributed by atoms with E-state index >= 15 is 0 Å². The van der Waals surface area contributed by atoms with Crippen molar-refractivity contribution in [1.82, 2.24) is 10.3 Å². The topological polar surface area (TPSA) is 34.1 Å². The molecular formula is C13H17F3N2O. The van der Waals surface area contributed by atoms with Crippen LogP contribution in [0.3, 0.4) is 0 Å². The lowest BCUT2D eigenvalue weighted by molar-refractivity contribution is -0.146. The van der Waals surface area contributed by atoms with E-state index in [4.69, 9.17) is 4.74 Å². The molecule has 1 aromatic rings. The first-order chi connectivity index (χ1) is 9.03. The van der Waals surface area contributed by atoms with Crippen LogP contribution in [0.1, 0.15) is 30.5 Å². The Bertz CT molecular complexity index is 388. The summed E-state index contributed by atoms with van der Waals surface area (Å²) in [6.07, 6.45) is -0.878. The highest BCUT2D eigenvalue weighted by atomic mass is 19.4. The van der Waals surface area contributed by atoms with Crippen molar-refractivity contribution in [3.63, 3.8) is 0 Å². The van der Waals surface area contributed by atoms with Crippen LogP contribution in [0.2, 0.25) is 0 Å². The summed E-state index contributed by atoms with van der Waals surface area (Å²) in [5.41, 5.74) is 1.73. The fourth-order valence-corrected chi connectivity index (χ4v) is 1.56. The van der Waals surface area contributed by atoms with Crippen LogP contribution in [0.5, 0.6) is 0 Å². The molecule has 0 aromatic carbocycles. The second-order valence-electron chi connectivity index (χ2n) is 4.73. The molecular weight excluding hydrogens is 257 g/mol. The SMILES string of the molecule is FC(F)(F)CCOCc1ccc(CNC2CC2)cn1. The molecule has 0 atom stereocenters. The molecule has 19 heavy (non-hydrogen) atoms. The fourth-order valence-electron chi connectivity index (χ4n) is 1.56. The highest BCUT2D eigenvalue weighted by Gasteiger charge is 2.26. The number of aromatic nitrogens is 1. The molecule has 1 aromatic heterocycles. The van der Waals surface area contributed by atoms with Crippen molar-refractivity contribution in [3.8, 4) is 0 Å². The number of ether oxygens (including phenoxy) is 1. The quantitative estimate of drug-likeness (QED) is 0.776. The maximum absolute atomic E-state index is 11.9. The van der Waals surface area contributed by atoms with E-state index in [0.717, 1.165) is 12.1 Å². The Hall–Kier alpha value is -1.14. The molecule has 1 aliphatic rings. The van der Waals surface area contributed by atoms with Gasteiger partial charge in [0, 0.05) is 18.8 Å². The molecule has 1 heterocycles. The smallest absolute Gasteiger partial charge is 0.375 e. The van der Waals surface area contributed by atoms with E-state index in [0.29, 0.717) is 11.7 Å². The van der Waals surface area contributed by atoms with E-state index in [1.165, 1.54) is 12.8 Å². The van der Waals surface area contributed by atoms with Crippen LogP contribution in [0.15, 0.2) is 18.3 Å². The highest BCUT2D eigenvalue weighted by molar-refractivity contribution is 5.13. The Balaban J connectivity index is 1.66. The lowest BCUT2D eigenvalue weighted by atomic mass is 10.2. The van der Waals surface area contributed by atoms with Crippen molar-refractivity contribution < 1.29 is 17.9 Å². The molecule has 1 aliphatic carbocycles. The largest absolute Gasteiger partial charge is 0.391 e. The van der Waals surface area contributed by atoms with Gasteiger partial charge in [-0.05, 0) is 24.5 Å². The molecule has 0 amide bonds. The van der Waals surface area contributed by atoms with Gasteiger partial charge in [-0.15, -0.1) is 0 Å². The van der Waals surface area contributed by atoms with Gasteiger partial charge in [0.05, 0.1) is 25.3 Å². The zero-order chi connectivity index (χ0) is 13.7. The third-order valence-electron chi connectivity index (χ3n) is 2.84. The summed E-state index contributed by atoms with van der Waals surface area (Å²) in [5, 5.41) is 3.37. The molecule has 0 radical (unpaired) electrons. The third-order valence-corrected chi connectivity index (χ3v) is 2.84. The number of nitrogens with one attached hydrogen (secondary N) is 1. The molecule has 0 aliphatic heterocycles. The van der Waals surface area contributed by atoms with Crippen molar-refractivity contribution in [2.45, 2.75) is 44.6 Å². The van der Waals surface area contributed by atoms with Gasteiger partial charge in [-0.25, -0.2) is 0 Å². The minimum atomic E-state index is -4.16. The highest BCUT2D eigenvalue weighted by Crippen LogP contribution is 2.20. The summed E-state index contributed by atoms with van der Waals surface area (Å²) >= 11 is 0. The number of halogens is 3. The van der Waals surface area contributed by atoms with E-state index in [1.54, 1.807) is 12.3 Å². The summed E-state index contributed by atoms with van der Waals surface area (Å²) in [6.45, 7) is 0.579. The van der Waals surface area contributed by atoms with Crippen molar-refractivity contribution in [2.24, 2.45) is 0 Å². The zero-order valence-electron chi connectivity index (χ0n) is 10.5. The van der Waals surface area contributed by atoms with E-state index in [2.05, 4.69) is 10.3 Å². The number of nitrogens with zero attached hydrogens (tertiary/aromatic N) is 1.